The standard InChI is InChI=1S/C21H17Cl2N5/c22-5-4-14(10-25)18-2-1-3-19(27-18)17-12-28(15-6-13(7-15)9-24)20-11-26-21(23)8-16(17)20/h1-3,8,11-15H,4-7H2/t13?,14-,15?/m1/s1. The van der Waals surface area contributed by atoms with E-state index in [1.54, 1.807) is 6.20 Å². The molecule has 140 valence electrons. The number of nitriles is 2. The highest BCUT2D eigenvalue weighted by Gasteiger charge is 2.32. The second kappa shape index (κ2) is 7.80. The molecule has 1 fully saturated rings. The zero-order valence-corrected chi connectivity index (χ0v) is 16.5. The summed E-state index contributed by atoms with van der Waals surface area (Å²) < 4.78 is 2.18. The highest BCUT2D eigenvalue weighted by molar-refractivity contribution is 6.30. The summed E-state index contributed by atoms with van der Waals surface area (Å²) in [5.41, 5.74) is 3.43. The van der Waals surface area contributed by atoms with Crippen LogP contribution in [0.25, 0.3) is 22.2 Å². The molecular formula is C21H17Cl2N5. The number of hydrogen-bond donors (Lipinski definition) is 0. The van der Waals surface area contributed by atoms with Crippen LogP contribution in [0.1, 0.15) is 36.9 Å². The molecule has 1 saturated carbocycles. The zero-order chi connectivity index (χ0) is 19.7. The van der Waals surface area contributed by atoms with Gasteiger partial charge in [0.1, 0.15) is 5.15 Å². The molecule has 0 N–H and O–H groups in total. The van der Waals surface area contributed by atoms with Crippen LogP contribution in [-0.4, -0.2) is 20.4 Å². The molecule has 0 aromatic carbocycles. The van der Waals surface area contributed by atoms with Crippen LogP contribution in [0.15, 0.2) is 36.7 Å². The Balaban J connectivity index is 1.80. The van der Waals surface area contributed by atoms with Crippen LogP contribution in [0.2, 0.25) is 5.15 Å². The topological polar surface area (TPSA) is 78.3 Å². The van der Waals surface area contributed by atoms with Gasteiger partial charge < -0.3 is 4.57 Å². The second-order valence-corrected chi connectivity index (χ2v) is 7.80. The van der Waals surface area contributed by atoms with Crippen molar-refractivity contribution in [3.05, 3.63) is 47.5 Å². The molecule has 3 aromatic heterocycles. The Morgan fingerprint density at radius 2 is 2.11 bits per heavy atom. The predicted molar refractivity (Wildman–Crippen MR) is 109 cm³/mol. The Hall–Kier alpha value is -2.60. The van der Waals surface area contributed by atoms with E-state index in [4.69, 9.17) is 33.4 Å². The fourth-order valence-corrected chi connectivity index (χ4v) is 4.11. The lowest BCUT2D eigenvalue weighted by molar-refractivity contribution is 0.254. The Bertz CT molecular complexity index is 1100. The van der Waals surface area contributed by atoms with E-state index < -0.39 is 0 Å². The first-order valence-corrected chi connectivity index (χ1v) is 10.0. The monoisotopic (exact) mass is 409 g/mol. The maximum Gasteiger partial charge on any atom is 0.129 e. The lowest BCUT2D eigenvalue weighted by atomic mass is 9.81. The summed E-state index contributed by atoms with van der Waals surface area (Å²) in [5.74, 6) is 0.186. The highest BCUT2D eigenvalue weighted by atomic mass is 35.5. The predicted octanol–water partition coefficient (Wildman–Crippen LogP) is 5.46. The van der Waals surface area contributed by atoms with Crippen molar-refractivity contribution in [2.75, 3.05) is 5.88 Å². The quantitative estimate of drug-likeness (QED) is 0.413. The average Bonchev–Trinajstić information content (AvgIpc) is 3.04. The number of aromatic nitrogens is 3. The van der Waals surface area contributed by atoms with Gasteiger partial charge in [-0.15, -0.1) is 11.6 Å². The number of alkyl halides is 1. The average molecular weight is 410 g/mol. The highest BCUT2D eigenvalue weighted by Crippen LogP contribution is 2.42. The fraction of sp³-hybridized carbons (Fsp3) is 0.333. The first-order valence-electron chi connectivity index (χ1n) is 9.13. The van der Waals surface area contributed by atoms with E-state index in [0.717, 1.165) is 40.7 Å². The minimum absolute atomic E-state index is 0.111. The van der Waals surface area contributed by atoms with Crippen molar-refractivity contribution < 1.29 is 0 Å². The van der Waals surface area contributed by atoms with E-state index in [2.05, 4.69) is 27.9 Å². The van der Waals surface area contributed by atoms with Crippen molar-refractivity contribution in [1.82, 2.24) is 14.5 Å². The van der Waals surface area contributed by atoms with Gasteiger partial charge in [0.15, 0.2) is 0 Å². The number of halogens is 2. The van der Waals surface area contributed by atoms with Crippen LogP contribution < -0.4 is 0 Å². The van der Waals surface area contributed by atoms with E-state index >= 15 is 0 Å². The zero-order valence-electron chi connectivity index (χ0n) is 15.0. The van der Waals surface area contributed by atoms with Crippen LogP contribution in [0.3, 0.4) is 0 Å². The van der Waals surface area contributed by atoms with E-state index in [9.17, 15) is 5.26 Å². The molecule has 7 heteroatoms. The van der Waals surface area contributed by atoms with Gasteiger partial charge in [-0.3, -0.25) is 4.98 Å². The van der Waals surface area contributed by atoms with Gasteiger partial charge >= 0.3 is 0 Å². The van der Waals surface area contributed by atoms with Gasteiger partial charge in [-0.25, -0.2) is 4.98 Å². The molecule has 0 amide bonds. The van der Waals surface area contributed by atoms with Gasteiger partial charge in [0.2, 0.25) is 0 Å². The molecule has 0 saturated heterocycles. The molecule has 3 heterocycles. The summed E-state index contributed by atoms with van der Waals surface area (Å²) in [7, 11) is 0. The number of fused-ring (bicyclic) bond motifs is 1. The van der Waals surface area contributed by atoms with Gasteiger partial charge in [0.05, 0.1) is 47.1 Å². The first-order chi connectivity index (χ1) is 13.6. The Kier molecular flexibility index (Phi) is 5.22. The van der Waals surface area contributed by atoms with Crippen LogP contribution in [0.4, 0.5) is 0 Å². The van der Waals surface area contributed by atoms with Gasteiger partial charge in [-0.1, -0.05) is 17.7 Å². The molecule has 0 aliphatic heterocycles. The molecule has 0 radical (unpaired) electrons. The number of rotatable bonds is 5. The van der Waals surface area contributed by atoms with Crippen molar-refractivity contribution in [3.63, 3.8) is 0 Å². The van der Waals surface area contributed by atoms with Crippen molar-refractivity contribution >= 4 is 34.1 Å². The van der Waals surface area contributed by atoms with E-state index in [0.29, 0.717) is 17.5 Å². The van der Waals surface area contributed by atoms with Gasteiger partial charge in [-0.05, 0) is 37.5 Å². The molecule has 1 aliphatic carbocycles. The third-order valence-corrected chi connectivity index (χ3v) is 5.76. The third kappa shape index (κ3) is 3.33. The molecule has 1 aliphatic rings. The molecule has 0 spiro atoms. The third-order valence-electron chi connectivity index (χ3n) is 5.33. The minimum Gasteiger partial charge on any atom is -0.342 e. The summed E-state index contributed by atoms with van der Waals surface area (Å²) >= 11 is 12.0. The van der Waals surface area contributed by atoms with E-state index in [-0.39, 0.29) is 17.9 Å². The number of nitrogens with zero attached hydrogens (tertiary/aromatic N) is 5. The molecule has 5 nitrogen and oxygen atoms in total. The molecule has 28 heavy (non-hydrogen) atoms. The smallest absolute Gasteiger partial charge is 0.129 e. The van der Waals surface area contributed by atoms with Gasteiger partial charge in [-0.2, -0.15) is 10.5 Å². The number of pyridine rings is 2. The normalized spacial score (nSPS) is 19.6. The van der Waals surface area contributed by atoms with Crippen molar-refractivity contribution in [2.24, 2.45) is 5.92 Å². The fourth-order valence-electron chi connectivity index (χ4n) is 3.73. The van der Waals surface area contributed by atoms with Crippen LogP contribution in [0, 0.1) is 28.6 Å². The molecular weight excluding hydrogens is 393 g/mol. The molecule has 1 atom stereocenters. The van der Waals surface area contributed by atoms with Crippen molar-refractivity contribution in [3.8, 4) is 23.4 Å². The Morgan fingerprint density at radius 1 is 1.29 bits per heavy atom. The summed E-state index contributed by atoms with van der Waals surface area (Å²) in [4.78, 5) is 8.99. The summed E-state index contributed by atoms with van der Waals surface area (Å²) in [6, 6.07) is 12.4. The second-order valence-electron chi connectivity index (χ2n) is 7.03. The van der Waals surface area contributed by atoms with Crippen LogP contribution in [-0.2, 0) is 0 Å². The Labute approximate surface area is 173 Å². The van der Waals surface area contributed by atoms with Gasteiger partial charge in [0.25, 0.3) is 0 Å². The van der Waals surface area contributed by atoms with Crippen molar-refractivity contribution in [2.45, 2.75) is 31.2 Å². The van der Waals surface area contributed by atoms with Crippen LogP contribution in [0.5, 0.6) is 0 Å². The van der Waals surface area contributed by atoms with Crippen LogP contribution >= 0.6 is 23.2 Å². The lowest BCUT2D eigenvalue weighted by Crippen LogP contribution is -2.25. The van der Waals surface area contributed by atoms with E-state index in [1.165, 1.54) is 0 Å². The van der Waals surface area contributed by atoms with Gasteiger partial charge in [0, 0.05) is 29.1 Å². The molecule has 0 bridgehead atoms. The lowest BCUT2D eigenvalue weighted by Gasteiger charge is -2.32. The SMILES string of the molecule is N#CC1CC(n2cc(-c3cccc([C@@H](C#N)CCCl)n3)c3cc(Cl)ncc32)C1. The Morgan fingerprint density at radius 3 is 2.82 bits per heavy atom. The summed E-state index contributed by atoms with van der Waals surface area (Å²) in [6.45, 7) is 0. The number of hydrogen-bond acceptors (Lipinski definition) is 4. The molecule has 0 unspecified atom stereocenters. The summed E-state index contributed by atoms with van der Waals surface area (Å²) in [6.07, 6.45) is 6.07. The maximum absolute atomic E-state index is 9.44. The summed E-state index contributed by atoms with van der Waals surface area (Å²) in [5, 5.41) is 19.9. The first kappa shape index (κ1) is 18.7. The maximum atomic E-state index is 9.44. The van der Waals surface area contributed by atoms with Crippen molar-refractivity contribution in [1.29, 1.82) is 10.5 Å². The minimum atomic E-state index is -0.334. The molecule has 4 rings (SSSR count). The molecule has 3 aromatic rings. The van der Waals surface area contributed by atoms with E-state index in [1.807, 2.05) is 24.3 Å². The largest absolute Gasteiger partial charge is 0.342 e.